The molecule has 0 aromatic heterocycles. The van der Waals surface area contributed by atoms with Crippen molar-refractivity contribution in [2.24, 2.45) is 10.7 Å². The number of nitrogens with one attached hydrogen (secondary N) is 1. The van der Waals surface area contributed by atoms with Crippen molar-refractivity contribution in [3.63, 3.8) is 0 Å². The Bertz CT molecular complexity index is 2950. The van der Waals surface area contributed by atoms with E-state index < -0.39 is 5.41 Å². The quantitative estimate of drug-likeness (QED) is 0.105. The molecule has 0 radical (unpaired) electrons. The lowest BCUT2D eigenvalue weighted by Gasteiger charge is -2.34. The molecule has 9 aromatic rings. The van der Waals surface area contributed by atoms with Gasteiger partial charge in [0.1, 0.15) is 5.84 Å². The molecule has 54 heavy (non-hydrogen) atoms. The third kappa shape index (κ3) is 4.69. The van der Waals surface area contributed by atoms with Gasteiger partial charge in [-0.3, -0.25) is 5.41 Å². The molecule has 0 saturated heterocycles. The molecule has 10 rings (SSSR count). The number of benzene rings is 9. The van der Waals surface area contributed by atoms with E-state index in [1.807, 2.05) is 36.4 Å². The van der Waals surface area contributed by atoms with E-state index in [0.717, 1.165) is 43.8 Å². The Kier molecular flexibility index (Phi) is 7.34. The molecule has 3 heteroatoms. The van der Waals surface area contributed by atoms with Gasteiger partial charge in [-0.25, -0.2) is 4.99 Å². The Hall–Kier alpha value is -7.10. The van der Waals surface area contributed by atoms with E-state index in [4.69, 9.17) is 10.7 Å². The van der Waals surface area contributed by atoms with Gasteiger partial charge in [0.05, 0.1) is 5.41 Å². The Morgan fingerprint density at radius 3 is 1.74 bits per heavy atom. The third-order valence-electron chi connectivity index (χ3n) is 11.2. The summed E-state index contributed by atoms with van der Waals surface area (Å²) in [6.07, 6.45) is 0. The van der Waals surface area contributed by atoms with Crippen molar-refractivity contribution in [1.29, 1.82) is 5.41 Å². The van der Waals surface area contributed by atoms with Crippen molar-refractivity contribution in [3.8, 4) is 22.3 Å². The Balaban J connectivity index is 1.23. The van der Waals surface area contributed by atoms with Gasteiger partial charge in [-0.05, 0) is 71.3 Å². The highest BCUT2D eigenvalue weighted by molar-refractivity contribution is 6.26. The van der Waals surface area contributed by atoms with Crippen LogP contribution in [0.1, 0.15) is 33.4 Å². The van der Waals surface area contributed by atoms with Gasteiger partial charge in [-0.1, -0.05) is 194 Å². The summed E-state index contributed by atoms with van der Waals surface area (Å²) in [4.78, 5) is 4.74. The molecule has 254 valence electrons. The van der Waals surface area contributed by atoms with Crippen LogP contribution in [0.2, 0.25) is 0 Å². The molecule has 1 aliphatic rings. The zero-order chi connectivity index (χ0) is 36.2. The van der Waals surface area contributed by atoms with Crippen LogP contribution in [0.4, 0.5) is 0 Å². The molecule has 3 N–H and O–H groups in total. The normalized spacial score (nSPS) is 15.0. The molecule has 0 fully saturated rings. The van der Waals surface area contributed by atoms with E-state index in [-0.39, 0.29) is 5.84 Å². The number of amidine groups is 2. The highest BCUT2D eigenvalue weighted by Crippen LogP contribution is 2.58. The smallest absolute Gasteiger partial charge is 0.155 e. The van der Waals surface area contributed by atoms with Crippen molar-refractivity contribution in [1.82, 2.24) is 0 Å². The first-order chi connectivity index (χ1) is 26.6. The number of rotatable bonds is 5. The standard InChI is InChI=1S/C51H35N3/c52-49(35-16-3-1-4-17-35)54-50(53)48-42-24-12-10-22-40(42)39-21-9-11-23-41(39)46(48)34-27-30-37(31-28-34)51(36-18-5-2-6-19-36)44-26-14-13-25-43(44)47-38-20-8-7-15-33(38)29-32-45(47)51/h1-32H,(H3,52,53,54). The number of hydrogen-bond acceptors (Lipinski definition) is 1. The molecule has 1 aliphatic carbocycles. The Morgan fingerprint density at radius 2 is 1.00 bits per heavy atom. The fourth-order valence-electron chi connectivity index (χ4n) is 8.95. The second-order valence-electron chi connectivity index (χ2n) is 14.0. The first kappa shape index (κ1) is 31.6. The van der Waals surface area contributed by atoms with E-state index in [1.54, 1.807) is 0 Å². The Morgan fingerprint density at radius 1 is 0.444 bits per heavy atom. The maximum Gasteiger partial charge on any atom is 0.155 e. The summed E-state index contributed by atoms with van der Waals surface area (Å²) >= 11 is 0. The van der Waals surface area contributed by atoms with Crippen LogP contribution in [0, 0.1) is 5.41 Å². The maximum absolute atomic E-state index is 9.54. The van der Waals surface area contributed by atoms with Crippen molar-refractivity contribution in [3.05, 3.63) is 228 Å². The van der Waals surface area contributed by atoms with Crippen molar-refractivity contribution in [2.45, 2.75) is 5.41 Å². The summed E-state index contributed by atoms with van der Waals surface area (Å²) in [5, 5.41) is 16.3. The number of hydrogen-bond donors (Lipinski definition) is 2. The van der Waals surface area contributed by atoms with Crippen molar-refractivity contribution in [2.75, 3.05) is 0 Å². The van der Waals surface area contributed by atoms with Crippen LogP contribution < -0.4 is 5.73 Å². The lowest BCUT2D eigenvalue weighted by Crippen LogP contribution is -2.28. The minimum Gasteiger partial charge on any atom is -0.383 e. The molecule has 0 saturated carbocycles. The summed E-state index contributed by atoms with van der Waals surface area (Å²) in [7, 11) is 0. The van der Waals surface area contributed by atoms with E-state index in [2.05, 4.69) is 158 Å². The second-order valence-corrected chi connectivity index (χ2v) is 14.0. The van der Waals surface area contributed by atoms with Gasteiger partial charge in [0.2, 0.25) is 0 Å². The van der Waals surface area contributed by atoms with Crippen LogP contribution in [-0.2, 0) is 5.41 Å². The monoisotopic (exact) mass is 689 g/mol. The fraction of sp³-hybridized carbons (Fsp3) is 0.0196. The highest BCUT2D eigenvalue weighted by Gasteiger charge is 2.46. The Labute approximate surface area is 314 Å². The predicted octanol–water partition coefficient (Wildman–Crippen LogP) is 11.9. The zero-order valence-corrected chi connectivity index (χ0v) is 29.5. The molecule has 0 bridgehead atoms. The number of aliphatic imine (C=N–C) groups is 1. The van der Waals surface area contributed by atoms with Crippen LogP contribution in [0.25, 0.3) is 54.6 Å². The summed E-state index contributed by atoms with van der Waals surface area (Å²) < 4.78 is 0. The summed E-state index contributed by atoms with van der Waals surface area (Å²) in [6.45, 7) is 0. The van der Waals surface area contributed by atoms with E-state index in [0.29, 0.717) is 5.84 Å². The molecule has 1 atom stereocenters. The van der Waals surface area contributed by atoms with Crippen LogP contribution in [-0.4, -0.2) is 11.7 Å². The van der Waals surface area contributed by atoms with Gasteiger partial charge < -0.3 is 5.73 Å². The number of nitrogens with zero attached hydrogens (tertiary/aromatic N) is 1. The van der Waals surface area contributed by atoms with Gasteiger partial charge in [0.15, 0.2) is 5.84 Å². The van der Waals surface area contributed by atoms with Crippen molar-refractivity contribution >= 4 is 44.0 Å². The van der Waals surface area contributed by atoms with Gasteiger partial charge in [-0.2, -0.15) is 0 Å². The van der Waals surface area contributed by atoms with Gasteiger partial charge in [-0.15, -0.1) is 0 Å². The molecule has 0 amide bonds. The molecule has 3 nitrogen and oxygen atoms in total. The number of nitrogens with two attached hydrogens (primary N) is 1. The van der Waals surface area contributed by atoms with Gasteiger partial charge in [0.25, 0.3) is 0 Å². The van der Waals surface area contributed by atoms with Crippen LogP contribution in [0.3, 0.4) is 0 Å². The number of fused-ring (bicyclic) bond motifs is 8. The molecule has 0 heterocycles. The first-order valence-electron chi connectivity index (χ1n) is 18.3. The molecule has 0 spiro atoms. The fourth-order valence-corrected chi connectivity index (χ4v) is 8.95. The molecular weight excluding hydrogens is 655 g/mol. The largest absolute Gasteiger partial charge is 0.383 e. The predicted molar refractivity (Wildman–Crippen MR) is 226 cm³/mol. The zero-order valence-electron chi connectivity index (χ0n) is 29.5. The molecule has 1 unspecified atom stereocenters. The third-order valence-corrected chi connectivity index (χ3v) is 11.2. The van der Waals surface area contributed by atoms with E-state index in [9.17, 15) is 5.41 Å². The van der Waals surface area contributed by atoms with Crippen LogP contribution >= 0.6 is 0 Å². The minimum atomic E-state index is -0.537. The molecule has 0 aliphatic heterocycles. The molecular formula is C51H35N3. The SMILES string of the molecule is N=C(/N=C(\N)c1ccccc1)c1c(-c2ccc(C3(c4ccccc4)c4ccccc4-c4c3ccc3ccccc43)cc2)c2ccccc2c2ccccc12. The first-order valence-corrected chi connectivity index (χ1v) is 18.3. The second kappa shape index (κ2) is 12.5. The average Bonchev–Trinajstić information content (AvgIpc) is 3.55. The van der Waals surface area contributed by atoms with Crippen LogP contribution in [0.15, 0.2) is 199 Å². The van der Waals surface area contributed by atoms with E-state index >= 15 is 0 Å². The molecule has 9 aromatic carbocycles. The van der Waals surface area contributed by atoms with Gasteiger partial charge in [0, 0.05) is 16.7 Å². The summed E-state index contributed by atoms with van der Waals surface area (Å²) in [5.74, 6) is 0.443. The lowest BCUT2D eigenvalue weighted by molar-refractivity contribution is 0.769. The highest BCUT2D eigenvalue weighted by atomic mass is 14.9. The minimum absolute atomic E-state index is 0.128. The van der Waals surface area contributed by atoms with E-state index in [1.165, 1.54) is 44.2 Å². The summed E-state index contributed by atoms with van der Waals surface area (Å²) in [6, 6.07) is 68.7. The van der Waals surface area contributed by atoms with Gasteiger partial charge >= 0.3 is 0 Å². The summed E-state index contributed by atoms with van der Waals surface area (Å²) in [5.41, 5.74) is 17.1. The maximum atomic E-state index is 9.54. The van der Waals surface area contributed by atoms with Crippen molar-refractivity contribution < 1.29 is 0 Å². The topological polar surface area (TPSA) is 62.2 Å². The van der Waals surface area contributed by atoms with Crippen LogP contribution in [0.5, 0.6) is 0 Å². The average molecular weight is 690 g/mol. The lowest BCUT2D eigenvalue weighted by atomic mass is 9.67.